The highest BCUT2D eigenvalue weighted by molar-refractivity contribution is 5.16. The van der Waals surface area contributed by atoms with Crippen molar-refractivity contribution in [2.24, 2.45) is 0 Å². The third-order valence-corrected chi connectivity index (χ3v) is 3.22. The molecule has 138 valence electrons. The molecule has 0 aromatic heterocycles. The van der Waals surface area contributed by atoms with Gasteiger partial charge in [-0.05, 0) is 12.5 Å². The molecule has 0 spiro atoms. The van der Waals surface area contributed by atoms with Gasteiger partial charge in [-0.2, -0.15) is 0 Å². The summed E-state index contributed by atoms with van der Waals surface area (Å²) in [4.78, 5) is 0. The molecule has 0 bridgehead atoms. The molecule has 6 heteroatoms. The summed E-state index contributed by atoms with van der Waals surface area (Å²) < 4.78 is 26.9. The summed E-state index contributed by atoms with van der Waals surface area (Å²) >= 11 is 0. The molecule has 0 saturated heterocycles. The number of ether oxygens (including phenoxy) is 5. The molecule has 0 fully saturated rings. The zero-order valence-electron chi connectivity index (χ0n) is 14.5. The van der Waals surface area contributed by atoms with Gasteiger partial charge in [0.15, 0.2) is 0 Å². The highest BCUT2D eigenvalue weighted by Gasteiger charge is 2.03. The first-order valence-electron chi connectivity index (χ1n) is 8.43. The Morgan fingerprint density at radius 2 is 1.17 bits per heavy atom. The van der Waals surface area contributed by atoms with E-state index in [1.165, 1.54) is 5.56 Å². The van der Waals surface area contributed by atoms with Crippen LogP contribution in [0.3, 0.4) is 0 Å². The van der Waals surface area contributed by atoms with Crippen LogP contribution in [0.25, 0.3) is 0 Å². The molecule has 0 aliphatic carbocycles. The van der Waals surface area contributed by atoms with Crippen LogP contribution in [0, 0.1) is 0 Å². The molecule has 0 radical (unpaired) electrons. The minimum absolute atomic E-state index is 0.0410. The number of aliphatic hydroxyl groups excluding tert-OH is 1. The van der Waals surface area contributed by atoms with Crippen molar-refractivity contribution in [2.45, 2.75) is 13.0 Å². The van der Waals surface area contributed by atoms with Gasteiger partial charge < -0.3 is 28.8 Å². The lowest BCUT2D eigenvalue weighted by Crippen LogP contribution is -2.14. The monoisotopic (exact) mass is 342 g/mol. The predicted octanol–water partition coefficient (Wildman–Crippen LogP) is 1.82. The van der Waals surface area contributed by atoms with E-state index in [-0.39, 0.29) is 12.7 Å². The molecular weight excluding hydrogens is 312 g/mol. The molecule has 1 aromatic carbocycles. The van der Waals surface area contributed by atoms with E-state index in [4.69, 9.17) is 28.8 Å². The summed E-state index contributed by atoms with van der Waals surface area (Å²) in [5.74, 6) is 0. The van der Waals surface area contributed by atoms with Crippen LogP contribution in [-0.2, 0) is 23.7 Å². The Balaban J connectivity index is 1.79. The lowest BCUT2D eigenvalue weighted by Gasteiger charge is -2.13. The number of hydrogen-bond donors (Lipinski definition) is 1. The quantitative estimate of drug-likeness (QED) is 0.462. The largest absolute Gasteiger partial charge is 0.394 e. The van der Waals surface area contributed by atoms with Crippen LogP contribution in [0.2, 0.25) is 0 Å². The van der Waals surface area contributed by atoms with Gasteiger partial charge in [-0.15, -0.1) is 0 Å². The Kier molecular flexibility index (Phi) is 13.6. The van der Waals surface area contributed by atoms with Gasteiger partial charge in [0.1, 0.15) is 0 Å². The van der Waals surface area contributed by atoms with E-state index in [0.717, 1.165) is 0 Å². The van der Waals surface area contributed by atoms with Crippen molar-refractivity contribution in [1.82, 2.24) is 0 Å². The van der Waals surface area contributed by atoms with Crippen molar-refractivity contribution in [3.63, 3.8) is 0 Å². The van der Waals surface area contributed by atoms with E-state index in [2.05, 4.69) is 12.1 Å². The summed E-state index contributed by atoms with van der Waals surface area (Å²) in [7, 11) is 0. The smallest absolute Gasteiger partial charge is 0.0797 e. The summed E-state index contributed by atoms with van der Waals surface area (Å²) in [5, 5.41) is 8.52. The predicted molar refractivity (Wildman–Crippen MR) is 91.2 cm³/mol. The van der Waals surface area contributed by atoms with Gasteiger partial charge in [-0.25, -0.2) is 0 Å². The molecule has 0 saturated carbocycles. The molecule has 1 aromatic rings. The first-order valence-corrected chi connectivity index (χ1v) is 8.43. The van der Waals surface area contributed by atoms with E-state index in [0.29, 0.717) is 59.5 Å². The Hall–Kier alpha value is -1.02. The lowest BCUT2D eigenvalue weighted by molar-refractivity contribution is -0.0215. The molecule has 6 nitrogen and oxygen atoms in total. The van der Waals surface area contributed by atoms with Crippen molar-refractivity contribution < 1.29 is 28.8 Å². The van der Waals surface area contributed by atoms with Crippen LogP contribution < -0.4 is 0 Å². The molecule has 0 aliphatic heterocycles. The van der Waals surface area contributed by atoms with Gasteiger partial charge in [0.2, 0.25) is 0 Å². The maximum Gasteiger partial charge on any atom is 0.0797 e. The highest BCUT2D eigenvalue weighted by atomic mass is 16.6. The van der Waals surface area contributed by atoms with Crippen molar-refractivity contribution in [3.05, 3.63) is 35.9 Å². The third kappa shape index (κ3) is 11.5. The topological polar surface area (TPSA) is 66.4 Å². The molecule has 0 amide bonds. The fraction of sp³-hybridized carbons (Fsp3) is 0.667. The average molecular weight is 342 g/mol. The summed E-state index contributed by atoms with van der Waals surface area (Å²) in [6, 6.07) is 10.1. The molecule has 1 rings (SSSR count). The van der Waals surface area contributed by atoms with E-state index in [1.54, 1.807) is 0 Å². The maximum atomic E-state index is 8.52. The van der Waals surface area contributed by atoms with Crippen LogP contribution in [0.5, 0.6) is 0 Å². The van der Waals surface area contributed by atoms with Crippen molar-refractivity contribution in [2.75, 3.05) is 66.1 Å². The van der Waals surface area contributed by atoms with Crippen molar-refractivity contribution in [3.8, 4) is 0 Å². The van der Waals surface area contributed by atoms with Crippen molar-refractivity contribution in [1.29, 1.82) is 0 Å². The molecule has 1 atom stereocenters. The zero-order chi connectivity index (χ0) is 17.3. The molecule has 0 heterocycles. The Morgan fingerprint density at radius 3 is 1.67 bits per heavy atom. The van der Waals surface area contributed by atoms with Crippen LogP contribution >= 0.6 is 0 Å². The van der Waals surface area contributed by atoms with E-state index < -0.39 is 0 Å². The summed E-state index contributed by atoms with van der Waals surface area (Å²) in [6.45, 7) is 6.69. The lowest BCUT2D eigenvalue weighted by atomic mass is 10.1. The second kappa shape index (κ2) is 15.5. The standard InChI is InChI=1S/C18H30O6/c1-17(18-5-3-2-4-6-18)24-16-15-23-14-13-22-12-11-21-10-9-20-8-7-19/h2-6,17,19H,7-16H2,1H3. The average Bonchev–Trinajstić information content (AvgIpc) is 2.62. The number of benzene rings is 1. The van der Waals surface area contributed by atoms with Gasteiger partial charge in [0, 0.05) is 0 Å². The zero-order valence-corrected chi connectivity index (χ0v) is 14.5. The van der Waals surface area contributed by atoms with Gasteiger partial charge in [0.05, 0.1) is 72.2 Å². The SMILES string of the molecule is CC(OCCOCCOCCOCCOCCO)c1ccccc1. The minimum atomic E-state index is 0.0410. The molecule has 0 aliphatic rings. The van der Waals surface area contributed by atoms with Gasteiger partial charge in [-0.3, -0.25) is 0 Å². The molecule has 1 unspecified atom stereocenters. The number of aliphatic hydroxyl groups is 1. The Morgan fingerprint density at radius 1 is 0.708 bits per heavy atom. The van der Waals surface area contributed by atoms with Gasteiger partial charge in [0.25, 0.3) is 0 Å². The number of hydrogen-bond acceptors (Lipinski definition) is 6. The van der Waals surface area contributed by atoms with Crippen LogP contribution in [0.4, 0.5) is 0 Å². The van der Waals surface area contributed by atoms with Gasteiger partial charge >= 0.3 is 0 Å². The van der Waals surface area contributed by atoms with Crippen LogP contribution in [-0.4, -0.2) is 71.2 Å². The highest BCUT2D eigenvalue weighted by Crippen LogP contribution is 2.15. The molecular formula is C18H30O6. The van der Waals surface area contributed by atoms with Crippen molar-refractivity contribution >= 4 is 0 Å². The van der Waals surface area contributed by atoms with E-state index >= 15 is 0 Å². The second-order valence-corrected chi connectivity index (χ2v) is 5.10. The third-order valence-electron chi connectivity index (χ3n) is 3.22. The Labute approximate surface area is 144 Å². The van der Waals surface area contributed by atoms with Gasteiger partial charge in [-0.1, -0.05) is 30.3 Å². The normalized spacial score (nSPS) is 12.4. The first kappa shape index (κ1) is 21.0. The fourth-order valence-corrected chi connectivity index (χ4v) is 1.93. The summed E-state index contributed by atoms with van der Waals surface area (Å²) in [6.07, 6.45) is 0.0737. The Bertz CT molecular complexity index is 373. The maximum absolute atomic E-state index is 8.52. The molecule has 1 N–H and O–H groups in total. The number of rotatable bonds is 16. The van der Waals surface area contributed by atoms with Crippen LogP contribution in [0.1, 0.15) is 18.6 Å². The van der Waals surface area contributed by atoms with E-state index in [1.807, 2.05) is 25.1 Å². The first-order chi connectivity index (χ1) is 11.8. The van der Waals surface area contributed by atoms with E-state index in [9.17, 15) is 0 Å². The van der Waals surface area contributed by atoms with Crippen LogP contribution in [0.15, 0.2) is 30.3 Å². The molecule has 24 heavy (non-hydrogen) atoms. The fourth-order valence-electron chi connectivity index (χ4n) is 1.93. The second-order valence-electron chi connectivity index (χ2n) is 5.10. The minimum Gasteiger partial charge on any atom is -0.394 e. The summed E-state index contributed by atoms with van der Waals surface area (Å²) in [5.41, 5.74) is 1.17.